The molecule has 0 saturated carbocycles. The molecule has 0 saturated heterocycles. The summed E-state index contributed by atoms with van der Waals surface area (Å²) in [4.78, 5) is 36.3. The Morgan fingerprint density at radius 2 is 1.03 bits per heavy atom. The summed E-state index contributed by atoms with van der Waals surface area (Å²) in [6.07, 6.45) is 0. The molecule has 0 aliphatic rings. The molecule has 0 heterocycles. The standard InChI is InChI=1S/C24H20O5/c1-17(25)20-12-21(28-15-23(26)18-8-4-2-5-9-18)14-22(13-20)29-16-24(27)19-10-6-3-7-11-19/h2-14H,15-16H2,1H3. The van der Waals surface area contributed by atoms with Crippen molar-refractivity contribution in [3.05, 3.63) is 95.6 Å². The van der Waals surface area contributed by atoms with E-state index in [1.54, 1.807) is 66.7 Å². The van der Waals surface area contributed by atoms with E-state index in [0.717, 1.165) is 0 Å². The molecule has 0 aliphatic heterocycles. The molecular weight excluding hydrogens is 368 g/mol. The second kappa shape index (κ2) is 9.46. The lowest BCUT2D eigenvalue weighted by Gasteiger charge is -2.11. The summed E-state index contributed by atoms with van der Waals surface area (Å²) in [6.45, 7) is 1.08. The summed E-state index contributed by atoms with van der Waals surface area (Å²) in [5.41, 5.74) is 1.46. The van der Waals surface area contributed by atoms with E-state index < -0.39 is 0 Å². The van der Waals surface area contributed by atoms with Crippen molar-refractivity contribution in [2.75, 3.05) is 13.2 Å². The first kappa shape index (κ1) is 20.0. The van der Waals surface area contributed by atoms with Crippen molar-refractivity contribution in [2.45, 2.75) is 6.92 Å². The van der Waals surface area contributed by atoms with Gasteiger partial charge in [-0.1, -0.05) is 60.7 Å². The van der Waals surface area contributed by atoms with Crippen LogP contribution in [0, 0.1) is 0 Å². The molecule has 3 aromatic carbocycles. The van der Waals surface area contributed by atoms with Crippen molar-refractivity contribution in [3.8, 4) is 11.5 Å². The topological polar surface area (TPSA) is 69.7 Å². The van der Waals surface area contributed by atoms with Crippen LogP contribution in [0.2, 0.25) is 0 Å². The minimum atomic E-state index is -0.180. The minimum Gasteiger partial charge on any atom is -0.485 e. The second-order valence-corrected chi connectivity index (χ2v) is 6.41. The van der Waals surface area contributed by atoms with Crippen molar-refractivity contribution in [3.63, 3.8) is 0 Å². The Labute approximate surface area is 168 Å². The Hall–Kier alpha value is -3.73. The van der Waals surface area contributed by atoms with Gasteiger partial charge in [0.1, 0.15) is 11.5 Å². The van der Waals surface area contributed by atoms with Crippen LogP contribution in [0.3, 0.4) is 0 Å². The van der Waals surface area contributed by atoms with Gasteiger partial charge in [-0.25, -0.2) is 0 Å². The maximum atomic E-state index is 12.2. The van der Waals surface area contributed by atoms with Gasteiger partial charge in [-0.05, 0) is 19.1 Å². The lowest BCUT2D eigenvalue weighted by atomic mass is 10.1. The van der Waals surface area contributed by atoms with E-state index in [-0.39, 0.29) is 30.6 Å². The largest absolute Gasteiger partial charge is 0.485 e. The molecular formula is C24H20O5. The normalized spacial score (nSPS) is 10.2. The first-order valence-corrected chi connectivity index (χ1v) is 9.11. The molecule has 3 rings (SSSR count). The van der Waals surface area contributed by atoms with Crippen LogP contribution in [0.5, 0.6) is 11.5 Å². The molecule has 0 radical (unpaired) electrons. The van der Waals surface area contributed by atoms with E-state index in [2.05, 4.69) is 0 Å². The highest BCUT2D eigenvalue weighted by Crippen LogP contribution is 2.24. The van der Waals surface area contributed by atoms with Gasteiger partial charge < -0.3 is 9.47 Å². The average molecular weight is 388 g/mol. The first-order valence-electron chi connectivity index (χ1n) is 9.11. The van der Waals surface area contributed by atoms with Gasteiger partial charge >= 0.3 is 0 Å². The lowest BCUT2D eigenvalue weighted by molar-refractivity contribution is 0.0920. The number of rotatable bonds is 9. The summed E-state index contributed by atoms with van der Waals surface area (Å²) in [6, 6.07) is 22.3. The number of carbonyl (C=O) groups is 3. The van der Waals surface area contributed by atoms with E-state index in [0.29, 0.717) is 28.2 Å². The Bertz CT molecular complexity index is 936. The third-order valence-electron chi connectivity index (χ3n) is 4.22. The number of hydrogen-bond donors (Lipinski definition) is 0. The zero-order valence-electron chi connectivity index (χ0n) is 16.0. The molecule has 0 fully saturated rings. The van der Waals surface area contributed by atoms with E-state index >= 15 is 0 Å². The van der Waals surface area contributed by atoms with Crippen molar-refractivity contribution < 1.29 is 23.9 Å². The van der Waals surface area contributed by atoms with Gasteiger partial charge in [0.15, 0.2) is 30.6 Å². The Morgan fingerprint density at radius 1 is 0.621 bits per heavy atom. The molecule has 0 aliphatic carbocycles. The zero-order chi connectivity index (χ0) is 20.6. The molecule has 0 N–H and O–H groups in total. The third kappa shape index (κ3) is 5.62. The van der Waals surface area contributed by atoms with Crippen LogP contribution in [-0.4, -0.2) is 30.6 Å². The third-order valence-corrected chi connectivity index (χ3v) is 4.22. The maximum Gasteiger partial charge on any atom is 0.200 e. The smallest absolute Gasteiger partial charge is 0.200 e. The number of ketones is 3. The van der Waals surface area contributed by atoms with Crippen LogP contribution < -0.4 is 9.47 Å². The number of hydrogen-bond acceptors (Lipinski definition) is 5. The molecule has 146 valence electrons. The Kier molecular flexibility index (Phi) is 6.53. The molecule has 5 heteroatoms. The fraction of sp³-hybridized carbons (Fsp3) is 0.125. The molecule has 0 bridgehead atoms. The highest BCUT2D eigenvalue weighted by molar-refractivity contribution is 5.98. The van der Waals surface area contributed by atoms with Crippen LogP contribution in [0.1, 0.15) is 38.0 Å². The Morgan fingerprint density at radius 3 is 1.41 bits per heavy atom. The fourth-order valence-electron chi connectivity index (χ4n) is 2.65. The Balaban J connectivity index is 1.69. The quantitative estimate of drug-likeness (QED) is 0.508. The number of ether oxygens (including phenoxy) is 2. The minimum absolute atomic E-state index is 0.173. The highest BCUT2D eigenvalue weighted by Gasteiger charge is 2.12. The van der Waals surface area contributed by atoms with Gasteiger partial charge in [0.25, 0.3) is 0 Å². The van der Waals surface area contributed by atoms with Crippen molar-refractivity contribution in [1.82, 2.24) is 0 Å². The maximum absolute atomic E-state index is 12.2. The van der Waals surface area contributed by atoms with Gasteiger partial charge in [0.05, 0.1) is 0 Å². The molecule has 0 atom stereocenters. The van der Waals surface area contributed by atoms with Gasteiger partial charge in [-0.2, -0.15) is 0 Å². The molecule has 0 amide bonds. The van der Waals surface area contributed by atoms with Crippen LogP contribution in [0.25, 0.3) is 0 Å². The van der Waals surface area contributed by atoms with Gasteiger partial charge in [0, 0.05) is 22.8 Å². The summed E-state index contributed by atoms with van der Waals surface area (Å²) in [5.74, 6) is 0.110. The summed E-state index contributed by atoms with van der Waals surface area (Å²) in [5, 5.41) is 0. The fourth-order valence-corrected chi connectivity index (χ4v) is 2.65. The molecule has 5 nitrogen and oxygen atoms in total. The van der Waals surface area contributed by atoms with Crippen LogP contribution in [-0.2, 0) is 0 Å². The lowest BCUT2D eigenvalue weighted by Crippen LogP contribution is -2.13. The summed E-state index contributed by atoms with van der Waals surface area (Å²) in [7, 11) is 0. The molecule has 0 spiro atoms. The predicted octanol–water partition coefficient (Wildman–Crippen LogP) is 4.41. The number of carbonyl (C=O) groups excluding carboxylic acids is 3. The predicted molar refractivity (Wildman–Crippen MR) is 109 cm³/mol. The first-order chi connectivity index (χ1) is 14.0. The number of Topliss-reactive ketones (excluding diaryl/α,β-unsaturated/α-hetero) is 3. The van der Waals surface area contributed by atoms with E-state index in [9.17, 15) is 14.4 Å². The summed E-state index contributed by atoms with van der Waals surface area (Å²) < 4.78 is 11.2. The van der Waals surface area contributed by atoms with E-state index in [1.165, 1.54) is 6.92 Å². The summed E-state index contributed by atoms with van der Waals surface area (Å²) >= 11 is 0. The van der Waals surface area contributed by atoms with Gasteiger partial charge in [0.2, 0.25) is 0 Å². The van der Waals surface area contributed by atoms with Gasteiger partial charge in [-0.3, -0.25) is 14.4 Å². The molecule has 29 heavy (non-hydrogen) atoms. The van der Waals surface area contributed by atoms with E-state index in [1.807, 2.05) is 12.1 Å². The van der Waals surface area contributed by atoms with Crippen molar-refractivity contribution in [1.29, 1.82) is 0 Å². The number of benzene rings is 3. The van der Waals surface area contributed by atoms with Crippen LogP contribution in [0.15, 0.2) is 78.9 Å². The van der Waals surface area contributed by atoms with Crippen LogP contribution in [0.4, 0.5) is 0 Å². The monoisotopic (exact) mass is 388 g/mol. The van der Waals surface area contributed by atoms with Crippen molar-refractivity contribution >= 4 is 17.3 Å². The van der Waals surface area contributed by atoms with Crippen molar-refractivity contribution in [2.24, 2.45) is 0 Å². The zero-order valence-corrected chi connectivity index (χ0v) is 16.0. The molecule has 0 aromatic heterocycles. The van der Waals surface area contributed by atoms with Crippen LogP contribution >= 0.6 is 0 Å². The molecule has 0 unspecified atom stereocenters. The van der Waals surface area contributed by atoms with E-state index in [4.69, 9.17) is 9.47 Å². The second-order valence-electron chi connectivity index (χ2n) is 6.41. The average Bonchev–Trinajstić information content (AvgIpc) is 2.76. The SMILES string of the molecule is CC(=O)c1cc(OCC(=O)c2ccccc2)cc(OCC(=O)c2ccccc2)c1. The highest BCUT2D eigenvalue weighted by atomic mass is 16.5. The van der Waals surface area contributed by atoms with Gasteiger partial charge in [-0.15, -0.1) is 0 Å². The molecule has 3 aromatic rings.